The number of rotatable bonds is 4. The fourth-order valence-corrected chi connectivity index (χ4v) is 4.90. The molecule has 2 aliphatic heterocycles. The minimum atomic E-state index is 0.0115. The Kier molecular flexibility index (Phi) is 5.28. The predicted molar refractivity (Wildman–Crippen MR) is 109 cm³/mol. The molecule has 1 spiro atoms. The number of amides is 1. The molecule has 1 unspecified atom stereocenters. The van der Waals surface area contributed by atoms with Crippen molar-refractivity contribution >= 4 is 5.91 Å². The number of carbonyl (C=O) groups excluding carboxylic acids is 1. The van der Waals surface area contributed by atoms with Gasteiger partial charge < -0.3 is 9.32 Å². The Morgan fingerprint density at radius 2 is 2.07 bits per heavy atom. The summed E-state index contributed by atoms with van der Waals surface area (Å²) in [6.07, 6.45) is 4.20. The van der Waals surface area contributed by atoms with Crippen LogP contribution in [0.25, 0.3) is 0 Å². The maximum atomic E-state index is 13.0. The van der Waals surface area contributed by atoms with E-state index >= 15 is 0 Å². The summed E-state index contributed by atoms with van der Waals surface area (Å²) in [7, 11) is 0. The predicted octanol–water partition coefficient (Wildman–Crippen LogP) is 3.98. The second-order valence-corrected chi connectivity index (χ2v) is 8.66. The number of hydrogen-bond donors (Lipinski definition) is 0. The van der Waals surface area contributed by atoms with Crippen LogP contribution in [0.2, 0.25) is 0 Å². The molecule has 3 heterocycles. The molecule has 0 radical (unpaired) electrons. The molecule has 1 amide bonds. The van der Waals surface area contributed by atoms with Crippen molar-refractivity contribution in [2.24, 2.45) is 5.41 Å². The van der Waals surface area contributed by atoms with Gasteiger partial charge in [0.15, 0.2) is 5.89 Å². The summed E-state index contributed by atoms with van der Waals surface area (Å²) in [5.41, 5.74) is 3.63. The monoisotopic (exact) mass is 381 g/mol. The van der Waals surface area contributed by atoms with Crippen LogP contribution in [0.5, 0.6) is 0 Å². The van der Waals surface area contributed by atoms with Gasteiger partial charge in [-0.1, -0.05) is 36.8 Å². The van der Waals surface area contributed by atoms with Gasteiger partial charge in [-0.05, 0) is 45.2 Å². The van der Waals surface area contributed by atoms with E-state index in [-0.39, 0.29) is 11.3 Å². The molecule has 4 rings (SSSR count). The average Bonchev–Trinajstić information content (AvgIpc) is 3.25. The van der Waals surface area contributed by atoms with Crippen molar-refractivity contribution in [1.82, 2.24) is 14.8 Å². The fraction of sp³-hybridized carbons (Fsp3) is 0.565. The first-order valence-electron chi connectivity index (χ1n) is 10.5. The van der Waals surface area contributed by atoms with Crippen molar-refractivity contribution in [3.8, 4) is 0 Å². The number of hydrogen-bond acceptors (Lipinski definition) is 4. The van der Waals surface area contributed by atoms with E-state index in [1.807, 2.05) is 18.7 Å². The molecule has 2 aliphatic rings. The molecule has 2 aromatic rings. The first-order chi connectivity index (χ1) is 13.5. The van der Waals surface area contributed by atoms with Gasteiger partial charge in [0.25, 0.3) is 5.91 Å². The Morgan fingerprint density at radius 3 is 2.82 bits per heavy atom. The lowest BCUT2D eigenvalue weighted by Gasteiger charge is -2.40. The van der Waals surface area contributed by atoms with Gasteiger partial charge >= 0.3 is 0 Å². The van der Waals surface area contributed by atoms with Crippen LogP contribution in [0.15, 0.2) is 28.7 Å². The number of benzene rings is 1. The molecule has 1 atom stereocenters. The van der Waals surface area contributed by atoms with Gasteiger partial charge in [-0.3, -0.25) is 9.69 Å². The molecule has 1 aromatic carbocycles. The molecular weight excluding hydrogens is 350 g/mol. The minimum Gasteiger partial charge on any atom is -0.435 e. The van der Waals surface area contributed by atoms with E-state index in [0.29, 0.717) is 23.8 Å². The highest BCUT2D eigenvalue weighted by Gasteiger charge is 2.43. The summed E-state index contributed by atoms with van der Waals surface area (Å²) in [4.78, 5) is 21.9. The third kappa shape index (κ3) is 3.86. The van der Waals surface area contributed by atoms with Crippen molar-refractivity contribution in [2.45, 2.75) is 53.0 Å². The Balaban J connectivity index is 1.43. The van der Waals surface area contributed by atoms with Crippen LogP contribution in [-0.2, 0) is 13.0 Å². The van der Waals surface area contributed by atoms with Gasteiger partial charge in [0.2, 0.25) is 5.76 Å². The summed E-state index contributed by atoms with van der Waals surface area (Å²) >= 11 is 0. The quantitative estimate of drug-likeness (QED) is 0.804. The first-order valence-corrected chi connectivity index (χ1v) is 10.5. The van der Waals surface area contributed by atoms with Gasteiger partial charge in [0, 0.05) is 38.0 Å². The van der Waals surface area contributed by atoms with Crippen LogP contribution in [0.3, 0.4) is 0 Å². The van der Waals surface area contributed by atoms with E-state index < -0.39 is 0 Å². The van der Waals surface area contributed by atoms with Gasteiger partial charge in [-0.15, -0.1) is 0 Å². The van der Waals surface area contributed by atoms with Crippen molar-refractivity contribution in [1.29, 1.82) is 0 Å². The molecule has 0 aliphatic carbocycles. The summed E-state index contributed by atoms with van der Waals surface area (Å²) in [6.45, 7) is 10.9. The van der Waals surface area contributed by atoms with E-state index in [1.54, 1.807) is 0 Å². The molecule has 5 nitrogen and oxygen atoms in total. The second-order valence-electron chi connectivity index (χ2n) is 8.66. The van der Waals surface area contributed by atoms with Crippen molar-refractivity contribution in [3.63, 3.8) is 0 Å². The molecule has 2 saturated heterocycles. The fourth-order valence-electron chi connectivity index (χ4n) is 4.90. The van der Waals surface area contributed by atoms with E-state index in [0.717, 1.165) is 39.1 Å². The highest BCUT2D eigenvalue weighted by molar-refractivity contribution is 5.92. The lowest BCUT2D eigenvalue weighted by molar-refractivity contribution is 0.0649. The molecule has 0 bridgehead atoms. The van der Waals surface area contributed by atoms with Crippen LogP contribution in [0.4, 0.5) is 0 Å². The topological polar surface area (TPSA) is 49.6 Å². The smallest absolute Gasteiger partial charge is 0.291 e. The molecule has 28 heavy (non-hydrogen) atoms. The standard InChI is InChI=1S/C23H31N3O2/c1-4-20-24-18(3)21(28-20)22(27)26-12-10-23(16-26)9-6-11-25(15-23)14-19-8-5-7-17(2)13-19/h5,7-8,13H,4,6,9-12,14-16H2,1-3H3. The van der Waals surface area contributed by atoms with E-state index in [9.17, 15) is 4.79 Å². The van der Waals surface area contributed by atoms with E-state index in [2.05, 4.69) is 41.1 Å². The average molecular weight is 382 g/mol. The number of oxazole rings is 1. The largest absolute Gasteiger partial charge is 0.435 e. The zero-order chi connectivity index (χ0) is 19.7. The third-order valence-electron chi connectivity index (χ3n) is 6.29. The van der Waals surface area contributed by atoms with Crippen LogP contribution in [0, 0.1) is 19.3 Å². The van der Waals surface area contributed by atoms with Crippen molar-refractivity contribution < 1.29 is 9.21 Å². The molecule has 150 valence electrons. The van der Waals surface area contributed by atoms with Gasteiger partial charge in [0.1, 0.15) is 0 Å². The first kappa shape index (κ1) is 19.2. The summed E-state index contributed by atoms with van der Waals surface area (Å²) < 4.78 is 5.71. The Labute approximate surface area is 167 Å². The maximum Gasteiger partial charge on any atom is 0.291 e. The second kappa shape index (κ2) is 7.70. The number of aromatic nitrogens is 1. The zero-order valence-corrected chi connectivity index (χ0v) is 17.3. The number of likely N-dealkylation sites (tertiary alicyclic amines) is 2. The Hall–Kier alpha value is -2.14. The van der Waals surface area contributed by atoms with E-state index in [4.69, 9.17) is 4.42 Å². The highest BCUT2D eigenvalue weighted by Crippen LogP contribution is 2.40. The maximum absolute atomic E-state index is 13.0. The molecular formula is C23H31N3O2. The van der Waals surface area contributed by atoms with Crippen LogP contribution in [-0.4, -0.2) is 46.9 Å². The number of nitrogens with zero attached hydrogens (tertiary/aromatic N) is 3. The molecule has 0 N–H and O–H groups in total. The number of aryl methyl sites for hydroxylation is 3. The summed E-state index contributed by atoms with van der Waals surface area (Å²) in [5.74, 6) is 1.09. The zero-order valence-electron chi connectivity index (χ0n) is 17.3. The number of carbonyl (C=O) groups is 1. The molecule has 5 heteroatoms. The summed E-state index contributed by atoms with van der Waals surface area (Å²) in [5, 5.41) is 0. The van der Waals surface area contributed by atoms with Gasteiger partial charge in [0.05, 0.1) is 5.69 Å². The van der Waals surface area contributed by atoms with Gasteiger partial charge in [-0.2, -0.15) is 0 Å². The Bertz CT molecular complexity index is 859. The minimum absolute atomic E-state index is 0.0115. The number of piperidine rings is 1. The van der Waals surface area contributed by atoms with Crippen molar-refractivity contribution in [3.05, 3.63) is 52.7 Å². The summed E-state index contributed by atoms with van der Waals surface area (Å²) in [6, 6.07) is 8.79. The molecule has 2 fully saturated rings. The third-order valence-corrected chi connectivity index (χ3v) is 6.29. The highest BCUT2D eigenvalue weighted by atomic mass is 16.4. The van der Waals surface area contributed by atoms with Crippen LogP contribution < -0.4 is 0 Å². The van der Waals surface area contributed by atoms with Crippen LogP contribution in [0.1, 0.15) is 59.5 Å². The lowest BCUT2D eigenvalue weighted by Crippen LogP contribution is -2.45. The molecule has 0 saturated carbocycles. The van der Waals surface area contributed by atoms with Crippen molar-refractivity contribution in [2.75, 3.05) is 26.2 Å². The molecule has 1 aromatic heterocycles. The van der Waals surface area contributed by atoms with Crippen LogP contribution >= 0.6 is 0 Å². The van der Waals surface area contributed by atoms with E-state index in [1.165, 1.54) is 24.0 Å². The normalized spacial score (nSPS) is 22.9. The lowest BCUT2D eigenvalue weighted by atomic mass is 9.79. The SMILES string of the molecule is CCc1nc(C)c(C(=O)N2CCC3(CCCN(Cc4cccc(C)c4)C3)C2)o1. The Morgan fingerprint density at radius 1 is 1.21 bits per heavy atom. The van der Waals surface area contributed by atoms with Gasteiger partial charge in [-0.25, -0.2) is 4.98 Å².